The standard InChI is InChI=1S/C15H28N2O3S/c1-5-21(20)17(3,4)13-10-12(2)11-15(13)6-8-16(9-7-15)14(18)19/h12-13H,5-11H2,1-4H3/p+1/t12?,13?,21-/m1/s1. The van der Waals surface area contributed by atoms with E-state index in [2.05, 4.69) is 21.0 Å². The van der Waals surface area contributed by atoms with Gasteiger partial charge in [0.1, 0.15) is 31.5 Å². The van der Waals surface area contributed by atoms with E-state index in [0.29, 0.717) is 34.7 Å². The molecule has 21 heavy (non-hydrogen) atoms. The van der Waals surface area contributed by atoms with Crippen LogP contribution in [0.15, 0.2) is 0 Å². The Morgan fingerprint density at radius 2 is 2.00 bits per heavy atom. The fourth-order valence-electron chi connectivity index (χ4n) is 4.61. The molecular weight excluding hydrogens is 288 g/mol. The Labute approximate surface area is 131 Å². The van der Waals surface area contributed by atoms with Crippen molar-refractivity contribution in [3.63, 3.8) is 0 Å². The summed E-state index contributed by atoms with van der Waals surface area (Å²) in [5.74, 6) is 1.31. The molecule has 1 saturated heterocycles. The summed E-state index contributed by atoms with van der Waals surface area (Å²) in [6.45, 7) is 5.50. The Kier molecular flexibility index (Phi) is 4.81. The van der Waals surface area contributed by atoms with E-state index in [1.165, 1.54) is 4.90 Å². The summed E-state index contributed by atoms with van der Waals surface area (Å²) < 4.78 is 13.1. The van der Waals surface area contributed by atoms with Crippen LogP contribution in [0.1, 0.15) is 39.5 Å². The van der Waals surface area contributed by atoms with E-state index in [1.807, 2.05) is 6.92 Å². The molecule has 3 atom stereocenters. The second kappa shape index (κ2) is 5.97. The SMILES string of the molecule is CC[S@@+]([O-])[N+](C)(C)C1CC(C)CC12CCN(C(=O)O)CC2. The van der Waals surface area contributed by atoms with E-state index in [4.69, 9.17) is 5.11 Å². The Bertz CT molecular complexity index is 394. The predicted molar refractivity (Wildman–Crippen MR) is 84.2 cm³/mol. The van der Waals surface area contributed by atoms with E-state index in [-0.39, 0.29) is 5.41 Å². The van der Waals surface area contributed by atoms with Gasteiger partial charge in [-0.15, -0.1) is 3.89 Å². The van der Waals surface area contributed by atoms with Crippen LogP contribution in [0.5, 0.6) is 0 Å². The number of amides is 1. The van der Waals surface area contributed by atoms with Crippen LogP contribution >= 0.6 is 0 Å². The highest BCUT2D eigenvalue weighted by Crippen LogP contribution is 2.53. The molecule has 2 unspecified atom stereocenters. The molecule has 1 amide bonds. The molecule has 0 radical (unpaired) electrons. The zero-order valence-corrected chi connectivity index (χ0v) is 14.5. The summed E-state index contributed by atoms with van der Waals surface area (Å²) in [6, 6.07) is 0.379. The lowest BCUT2D eigenvalue weighted by Crippen LogP contribution is -2.60. The summed E-state index contributed by atoms with van der Waals surface area (Å²) in [6.07, 6.45) is 3.27. The van der Waals surface area contributed by atoms with Crippen molar-refractivity contribution in [2.24, 2.45) is 11.3 Å². The van der Waals surface area contributed by atoms with Gasteiger partial charge in [0.15, 0.2) is 5.75 Å². The summed E-state index contributed by atoms with van der Waals surface area (Å²) in [4.78, 5) is 12.7. The van der Waals surface area contributed by atoms with Crippen molar-refractivity contribution in [3.05, 3.63) is 0 Å². The molecule has 2 rings (SSSR count). The molecule has 1 saturated carbocycles. The van der Waals surface area contributed by atoms with Crippen molar-refractivity contribution < 1.29 is 18.3 Å². The van der Waals surface area contributed by atoms with Crippen LogP contribution in [0.3, 0.4) is 0 Å². The number of rotatable bonds is 3. The molecule has 2 aliphatic rings. The van der Waals surface area contributed by atoms with Crippen molar-refractivity contribution in [2.75, 3.05) is 32.9 Å². The quantitative estimate of drug-likeness (QED) is 0.642. The van der Waals surface area contributed by atoms with Crippen LogP contribution < -0.4 is 0 Å². The van der Waals surface area contributed by atoms with Crippen LogP contribution in [0.2, 0.25) is 0 Å². The van der Waals surface area contributed by atoms with E-state index >= 15 is 0 Å². The number of quaternary nitrogens is 1. The van der Waals surface area contributed by atoms with Crippen LogP contribution in [0.25, 0.3) is 0 Å². The lowest BCUT2D eigenvalue weighted by atomic mass is 9.73. The molecule has 0 aromatic rings. The van der Waals surface area contributed by atoms with E-state index in [0.717, 1.165) is 25.7 Å². The van der Waals surface area contributed by atoms with Gasteiger partial charge >= 0.3 is 6.09 Å². The normalized spacial score (nSPS) is 30.6. The van der Waals surface area contributed by atoms with Gasteiger partial charge in [-0.05, 0) is 32.1 Å². The van der Waals surface area contributed by atoms with Crippen molar-refractivity contribution >= 4 is 17.5 Å². The summed E-state index contributed by atoms with van der Waals surface area (Å²) in [5.41, 5.74) is 0.166. The topological polar surface area (TPSA) is 63.6 Å². The van der Waals surface area contributed by atoms with Gasteiger partial charge in [0, 0.05) is 24.9 Å². The highest BCUT2D eigenvalue weighted by molar-refractivity contribution is 7.85. The number of carbonyl (C=O) groups is 1. The van der Waals surface area contributed by atoms with Crippen LogP contribution in [0, 0.1) is 11.3 Å². The number of piperidine rings is 1. The summed E-state index contributed by atoms with van der Waals surface area (Å²) in [5, 5.41) is 9.15. The Balaban J connectivity index is 2.19. The predicted octanol–water partition coefficient (Wildman–Crippen LogP) is 2.31. The van der Waals surface area contributed by atoms with Gasteiger partial charge in [0.2, 0.25) is 0 Å². The maximum absolute atomic E-state index is 12.5. The molecule has 0 bridgehead atoms. The van der Waals surface area contributed by atoms with E-state index in [1.54, 1.807) is 0 Å². The Morgan fingerprint density at radius 1 is 1.43 bits per heavy atom. The average molecular weight is 317 g/mol. The first kappa shape index (κ1) is 16.9. The Morgan fingerprint density at radius 3 is 2.48 bits per heavy atom. The lowest BCUT2D eigenvalue weighted by molar-refractivity contribution is -0.801. The third-order valence-electron chi connectivity index (χ3n) is 5.64. The first-order chi connectivity index (χ1) is 9.73. The highest BCUT2D eigenvalue weighted by atomic mass is 32.2. The number of hydrogen-bond acceptors (Lipinski definition) is 2. The van der Waals surface area contributed by atoms with Crippen molar-refractivity contribution in [1.29, 1.82) is 0 Å². The number of likely N-dealkylation sites (tertiary alicyclic amines) is 1. The monoisotopic (exact) mass is 317 g/mol. The first-order valence-corrected chi connectivity index (χ1v) is 9.21. The third kappa shape index (κ3) is 3.03. The second-order valence-electron chi connectivity index (χ2n) is 7.24. The minimum Gasteiger partial charge on any atom is -0.566 e. The molecule has 1 spiro atoms. The zero-order chi connectivity index (χ0) is 15.8. The maximum atomic E-state index is 12.5. The van der Waals surface area contributed by atoms with E-state index < -0.39 is 17.5 Å². The van der Waals surface area contributed by atoms with Crippen molar-refractivity contribution in [2.45, 2.75) is 45.6 Å². The van der Waals surface area contributed by atoms with Crippen molar-refractivity contribution in [1.82, 2.24) is 4.90 Å². The van der Waals surface area contributed by atoms with Gasteiger partial charge in [-0.1, -0.05) is 6.92 Å². The van der Waals surface area contributed by atoms with Crippen LogP contribution in [0.4, 0.5) is 4.79 Å². The molecule has 0 aromatic carbocycles. The lowest BCUT2D eigenvalue weighted by Gasteiger charge is -2.46. The number of nitrogens with zero attached hydrogens (tertiary/aromatic N) is 2. The van der Waals surface area contributed by atoms with Gasteiger partial charge < -0.3 is 14.6 Å². The fourth-order valence-corrected chi connectivity index (χ4v) is 5.87. The van der Waals surface area contributed by atoms with Gasteiger partial charge in [-0.25, -0.2) is 4.79 Å². The van der Waals surface area contributed by atoms with Crippen molar-refractivity contribution in [3.8, 4) is 0 Å². The molecular formula is C15H29N2O3S+. The van der Waals surface area contributed by atoms with E-state index in [9.17, 15) is 9.35 Å². The fraction of sp³-hybridized carbons (Fsp3) is 0.933. The molecule has 1 N–H and O–H groups in total. The molecule has 2 fully saturated rings. The Hall–Kier alpha value is -0.460. The summed E-state index contributed by atoms with van der Waals surface area (Å²) >= 11 is -0.880. The van der Waals surface area contributed by atoms with Crippen LogP contribution in [-0.2, 0) is 11.4 Å². The molecule has 1 aliphatic heterocycles. The van der Waals surface area contributed by atoms with Gasteiger partial charge in [-0.2, -0.15) is 0 Å². The molecule has 1 heterocycles. The number of carboxylic acid groups (broad SMARTS) is 1. The van der Waals surface area contributed by atoms with Gasteiger partial charge in [-0.3, -0.25) is 0 Å². The molecule has 5 nitrogen and oxygen atoms in total. The average Bonchev–Trinajstić information content (AvgIpc) is 2.75. The van der Waals surface area contributed by atoms with Gasteiger partial charge in [0.05, 0.1) is 0 Å². The largest absolute Gasteiger partial charge is 0.566 e. The molecule has 0 aromatic heterocycles. The molecule has 122 valence electrons. The summed E-state index contributed by atoms with van der Waals surface area (Å²) in [7, 11) is 4.18. The smallest absolute Gasteiger partial charge is 0.407 e. The molecule has 1 aliphatic carbocycles. The van der Waals surface area contributed by atoms with Gasteiger partial charge in [0.25, 0.3) is 0 Å². The first-order valence-electron chi connectivity index (χ1n) is 7.93. The minimum absolute atomic E-state index is 0.166. The highest BCUT2D eigenvalue weighted by Gasteiger charge is 2.58. The zero-order valence-electron chi connectivity index (χ0n) is 13.7. The number of hydrogen-bond donors (Lipinski definition) is 1. The van der Waals surface area contributed by atoms with Crippen LogP contribution in [-0.4, -0.2) is 63.5 Å². The molecule has 6 heteroatoms. The maximum Gasteiger partial charge on any atom is 0.407 e. The third-order valence-corrected chi connectivity index (χ3v) is 7.44. The minimum atomic E-state index is -0.880. The second-order valence-corrected chi connectivity index (χ2v) is 9.40.